The fourth-order valence-corrected chi connectivity index (χ4v) is 5.04. The highest BCUT2D eigenvalue weighted by Gasteiger charge is 2.22. The maximum Gasteiger partial charge on any atom is 0.323 e. The summed E-state index contributed by atoms with van der Waals surface area (Å²) in [6.45, 7) is 6.10. The Bertz CT molecular complexity index is 1770. The predicted octanol–water partition coefficient (Wildman–Crippen LogP) is 7.71. The van der Waals surface area contributed by atoms with Gasteiger partial charge in [-0.25, -0.2) is 4.63 Å². The number of fused-ring (bicyclic) bond motifs is 1. The van der Waals surface area contributed by atoms with Crippen molar-refractivity contribution in [2.75, 3.05) is 6.61 Å². The molecule has 11 heteroatoms. The van der Waals surface area contributed by atoms with Crippen LogP contribution in [0.2, 0.25) is 10.0 Å². The van der Waals surface area contributed by atoms with Gasteiger partial charge >= 0.3 is 5.97 Å². The highest BCUT2D eigenvalue weighted by atomic mass is 35.5. The number of hydrogen-bond donors (Lipinski definition) is 2. The molecule has 0 saturated carbocycles. The molecule has 1 aromatic heterocycles. The molecule has 0 spiro atoms. The lowest BCUT2D eigenvalue weighted by Crippen LogP contribution is -2.42. The van der Waals surface area contributed by atoms with E-state index in [9.17, 15) is 9.90 Å². The largest absolute Gasteiger partial charge is 0.488 e. The van der Waals surface area contributed by atoms with Gasteiger partial charge in [0, 0.05) is 29.3 Å². The van der Waals surface area contributed by atoms with Crippen LogP contribution in [0.5, 0.6) is 11.5 Å². The number of ether oxygens (including phenoxy) is 3. The molecule has 5 rings (SSSR count). The number of halogens is 2. The van der Waals surface area contributed by atoms with Gasteiger partial charge in [0.15, 0.2) is 0 Å². The summed E-state index contributed by atoms with van der Waals surface area (Å²) in [5.41, 5.74) is 4.92. The second-order valence-corrected chi connectivity index (χ2v) is 12.2. The van der Waals surface area contributed by atoms with Crippen molar-refractivity contribution in [3.05, 3.63) is 106 Å². The van der Waals surface area contributed by atoms with Crippen molar-refractivity contribution in [3.8, 4) is 22.6 Å². The SMILES string of the molecule is CC(C)(C)OCC(NCc1cc(Cl)c(OCc2cccc(-c3ccccc3)c2Cl)cc1OCc1ccc2nonc2c1)C(=O)O. The van der Waals surface area contributed by atoms with Crippen LogP contribution >= 0.6 is 23.2 Å². The summed E-state index contributed by atoms with van der Waals surface area (Å²) < 4.78 is 22.9. The lowest BCUT2D eigenvalue weighted by molar-refractivity contribution is -0.142. The quantitative estimate of drug-likeness (QED) is 0.132. The van der Waals surface area contributed by atoms with E-state index < -0.39 is 17.6 Å². The highest BCUT2D eigenvalue weighted by molar-refractivity contribution is 6.34. The van der Waals surface area contributed by atoms with Crippen molar-refractivity contribution in [2.45, 2.75) is 52.2 Å². The van der Waals surface area contributed by atoms with Gasteiger partial charge < -0.3 is 19.3 Å². The summed E-state index contributed by atoms with van der Waals surface area (Å²) in [6, 6.07) is 23.6. The number of aromatic nitrogens is 2. The summed E-state index contributed by atoms with van der Waals surface area (Å²) in [5, 5.41) is 21.5. The lowest BCUT2D eigenvalue weighted by atomic mass is 10.0. The number of carboxylic acids is 1. The Morgan fingerprint density at radius 2 is 1.64 bits per heavy atom. The normalized spacial score (nSPS) is 12.3. The third kappa shape index (κ3) is 8.52. The summed E-state index contributed by atoms with van der Waals surface area (Å²) >= 11 is 13.5. The first kappa shape index (κ1) is 32.2. The molecule has 0 aliphatic carbocycles. The highest BCUT2D eigenvalue weighted by Crippen LogP contribution is 2.36. The Kier molecular flexibility index (Phi) is 10.2. The lowest BCUT2D eigenvalue weighted by Gasteiger charge is -2.23. The number of hydrogen-bond acceptors (Lipinski definition) is 8. The minimum atomic E-state index is -1.03. The summed E-state index contributed by atoms with van der Waals surface area (Å²) in [7, 11) is 0. The molecular formula is C34H33Cl2N3O6. The van der Waals surface area contributed by atoms with Crippen molar-refractivity contribution in [3.63, 3.8) is 0 Å². The Balaban J connectivity index is 1.37. The maximum atomic E-state index is 12.0. The van der Waals surface area contributed by atoms with E-state index in [2.05, 4.69) is 15.6 Å². The van der Waals surface area contributed by atoms with Gasteiger partial charge in [-0.3, -0.25) is 10.1 Å². The zero-order valence-electron chi connectivity index (χ0n) is 25.1. The van der Waals surface area contributed by atoms with Gasteiger partial charge in [0.2, 0.25) is 0 Å². The number of nitrogens with one attached hydrogen (secondary N) is 1. The molecule has 2 N–H and O–H groups in total. The van der Waals surface area contributed by atoms with Crippen LogP contribution in [0.3, 0.4) is 0 Å². The molecule has 0 bridgehead atoms. The smallest absolute Gasteiger partial charge is 0.323 e. The Hall–Kier alpha value is -4.15. The molecule has 0 amide bonds. The van der Waals surface area contributed by atoms with Crippen LogP contribution < -0.4 is 14.8 Å². The van der Waals surface area contributed by atoms with Crippen molar-refractivity contribution < 1.29 is 28.7 Å². The molecule has 5 aromatic rings. The zero-order chi connectivity index (χ0) is 32.0. The fraction of sp³-hybridized carbons (Fsp3) is 0.265. The summed E-state index contributed by atoms with van der Waals surface area (Å²) in [4.78, 5) is 12.0. The molecule has 0 aliphatic rings. The average Bonchev–Trinajstić information content (AvgIpc) is 3.48. The van der Waals surface area contributed by atoms with Gasteiger partial charge in [-0.1, -0.05) is 77.8 Å². The third-order valence-electron chi connectivity index (χ3n) is 6.89. The monoisotopic (exact) mass is 649 g/mol. The van der Waals surface area contributed by atoms with Gasteiger partial charge in [0.05, 0.1) is 22.3 Å². The molecule has 0 aliphatic heterocycles. The van der Waals surface area contributed by atoms with E-state index in [4.69, 9.17) is 42.0 Å². The second kappa shape index (κ2) is 14.3. The Morgan fingerprint density at radius 1 is 0.889 bits per heavy atom. The third-order valence-corrected chi connectivity index (χ3v) is 7.64. The number of benzene rings is 4. The Labute approximate surface area is 271 Å². The van der Waals surface area contributed by atoms with Crippen LogP contribution in [0.4, 0.5) is 0 Å². The molecule has 1 atom stereocenters. The van der Waals surface area contributed by atoms with E-state index >= 15 is 0 Å². The van der Waals surface area contributed by atoms with Crippen LogP contribution in [-0.2, 0) is 29.3 Å². The maximum absolute atomic E-state index is 12.0. The van der Waals surface area contributed by atoms with E-state index in [1.165, 1.54) is 0 Å². The molecule has 45 heavy (non-hydrogen) atoms. The Morgan fingerprint density at radius 3 is 2.40 bits per heavy atom. The van der Waals surface area contributed by atoms with E-state index in [0.29, 0.717) is 38.1 Å². The van der Waals surface area contributed by atoms with Crippen LogP contribution in [0.15, 0.2) is 83.5 Å². The van der Waals surface area contributed by atoms with Crippen molar-refractivity contribution in [2.24, 2.45) is 0 Å². The van der Waals surface area contributed by atoms with Crippen LogP contribution in [-0.4, -0.2) is 39.6 Å². The molecule has 9 nitrogen and oxygen atoms in total. The van der Waals surface area contributed by atoms with Crippen molar-refractivity contribution >= 4 is 40.2 Å². The van der Waals surface area contributed by atoms with Gasteiger partial charge in [-0.2, -0.15) is 0 Å². The van der Waals surface area contributed by atoms with Crippen LogP contribution in [0.25, 0.3) is 22.2 Å². The molecule has 0 saturated heterocycles. The summed E-state index contributed by atoms with van der Waals surface area (Å²) in [5.74, 6) is -0.180. The number of nitrogens with zero attached hydrogens (tertiary/aromatic N) is 2. The molecule has 0 fully saturated rings. The van der Waals surface area contributed by atoms with Crippen LogP contribution in [0, 0.1) is 0 Å². The summed E-state index contributed by atoms with van der Waals surface area (Å²) in [6.07, 6.45) is 0. The van der Waals surface area contributed by atoms with E-state index in [1.54, 1.807) is 18.2 Å². The first-order chi connectivity index (χ1) is 21.6. The van der Waals surface area contributed by atoms with E-state index in [-0.39, 0.29) is 26.4 Å². The number of aliphatic carboxylic acids is 1. The topological polar surface area (TPSA) is 116 Å². The minimum absolute atomic E-state index is 0.0154. The zero-order valence-corrected chi connectivity index (χ0v) is 26.6. The predicted molar refractivity (Wildman–Crippen MR) is 173 cm³/mol. The van der Waals surface area contributed by atoms with Gasteiger partial charge in [0.25, 0.3) is 0 Å². The van der Waals surface area contributed by atoms with Gasteiger partial charge in [0.1, 0.15) is 41.8 Å². The number of carboxylic acid groups (broad SMARTS) is 1. The number of rotatable bonds is 13. The van der Waals surface area contributed by atoms with Gasteiger partial charge in [-0.05, 0) is 60.4 Å². The standard InChI is InChI=1S/C34H33Cl2N3O6/c1-34(2,3)44-20-29(33(40)41)37-17-24-15-26(35)31(16-30(24)42-18-21-12-13-27-28(14-21)39-45-38-27)43-19-23-10-7-11-25(32(23)36)22-8-5-4-6-9-22/h4-16,29,37H,17-20H2,1-3H3,(H,40,41). The fourth-order valence-electron chi connectivity index (χ4n) is 4.51. The van der Waals surface area contributed by atoms with Gasteiger partial charge in [-0.15, -0.1) is 0 Å². The van der Waals surface area contributed by atoms with Crippen molar-refractivity contribution in [1.29, 1.82) is 0 Å². The number of carbonyl (C=O) groups is 1. The molecule has 4 aromatic carbocycles. The first-order valence-electron chi connectivity index (χ1n) is 14.3. The molecule has 234 valence electrons. The molecule has 1 heterocycles. The van der Waals surface area contributed by atoms with Crippen LogP contribution in [0.1, 0.15) is 37.5 Å². The average molecular weight is 651 g/mol. The molecule has 0 radical (unpaired) electrons. The van der Waals surface area contributed by atoms with E-state index in [0.717, 1.165) is 22.3 Å². The molecule has 1 unspecified atom stereocenters. The molecular weight excluding hydrogens is 617 g/mol. The minimum Gasteiger partial charge on any atom is -0.488 e. The second-order valence-electron chi connectivity index (χ2n) is 11.4. The van der Waals surface area contributed by atoms with E-state index in [1.807, 2.05) is 81.4 Å². The first-order valence-corrected chi connectivity index (χ1v) is 15.0. The van der Waals surface area contributed by atoms with Crippen molar-refractivity contribution in [1.82, 2.24) is 15.6 Å².